The van der Waals surface area contributed by atoms with Crippen LogP contribution in [0, 0.1) is 17.5 Å². The van der Waals surface area contributed by atoms with Gasteiger partial charge in [-0.25, -0.2) is 13.2 Å². The van der Waals surface area contributed by atoms with Crippen LogP contribution in [-0.2, 0) is 11.2 Å². The molecule has 7 heteroatoms. The maximum absolute atomic E-state index is 13.6. The third-order valence-corrected chi connectivity index (χ3v) is 5.80. The number of rotatable bonds is 7. The van der Waals surface area contributed by atoms with E-state index in [0.29, 0.717) is 25.4 Å². The van der Waals surface area contributed by atoms with Gasteiger partial charge in [-0.05, 0) is 18.1 Å². The van der Waals surface area contributed by atoms with Crippen LogP contribution in [0.4, 0.5) is 13.2 Å². The van der Waals surface area contributed by atoms with E-state index in [1.54, 1.807) is 0 Å². The van der Waals surface area contributed by atoms with Crippen LogP contribution < -0.4 is 0 Å². The summed E-state index contributed by atoms with van der Waals surface area (Å²) in [5.41, 5.74) is 0.104. The van der Waals surface area contributed by atoms with E-state index in [-0.39, 0.29) is 24.4 Å². The van der Waals surface area contributed by atoms with Gasteiger partial charge < -0.3 is 9.03 Å². The first-order chi connectivity index (χ1) is 9.03. The Balaban J connectivity index is 2.95. The van der Waals surface area contributed by atoms with Crippen LogP contribution in [0.2, 0.25) is 13.1 Å². The predicted molar refractivity (Wildman–Crippen MR) is 69.6 cm³/mol. The van der Waals surface area contributed by atoms with Gasteiger partial charge in [0, 0.05) is 18.5 Å². The SMILES string of the molecule is C[Si]N([Si]C)C(CC=O)Cc1cc(F)c(F)cc1F. The molecule has 102 valence electrons. The van der Waals surface area contributed by atoms with Crippen molar-refractivity contribution >= 4 is 25.6 Å². The van der Waals surface area contributed by atoms with Crippen molar-refractivity contribution in [3.63, 3.8) is 0 Å². The number of benzene rings is 1. The summed E-state index contributed by atoms with van der Waals surface area (Å²) in [6.07, 6.45) is 1.22. The van der Waals surface area contributed by atoms with Gasteiger partial charge in [0.2, 0.25) is 0 Å². The fourth-order valence-electron chi connectivity index (χ4n) is 1.84. The fourth-order valence-corrected chi connectivity index (χ4v) is 3.86. The number of hydrogen-bond acceptors (Lipinski definition) is 2. The van der Waals surface area contributed by atoms with Gasteiger partial charge in [-0.3, -0.25) is 0 Å². The molecular weight excluding hydrogens is 287 g/mol. The molecule has 1 atom stereocenters. The standard InChI is InChI=1S/C12H14F3NOSi2/c1-18-16(19-2)9(3-4-17)5-8-6-11(14)12(15)7-10(8)13/h4,6-7,9H,3,5H2,1-2H3. The summed E-state index contributed by atoms with van der Waals surface area (Å²) in [6, 6.07) is 1.25. The number of hydrogen-bond donors (Lipinski definition) is 0. The van der Waals surface area contributed by atoms with Gasteiger partial charge in [0.15, 0.2) is 11.6 Å². The molecule has 0 saturated heterocycles. The molecule has 0 bridgehead atoms. The summed E-state index contributed by atoms with van der Waals surface area (Å²) in [6.45, 7) is 3.94. The molecule has 1 rings (SSSR count). The van der Waals surface area contributed by atoms with Gasteiger partial charge >= 0.3 is 0 Å². The molecule has 1 aromatic carbocycles. The quantitative estimate of drug-likeness (QED) is 0.437. The molecule has 0 spiro atoms. The highest BCUT2D eigenvalue weighted by Crippen LogP contribution is 2.17. The Labute approximate surface area is 115 Å². The van der Waals surface area contributed by atoms with Crippen LogP contribution in [0.5, 0.6) is 0 Å². The lowest BCUT2D eigenvalue weighted by atomic mass is 10.0. The summed E-state index contributed by atoms with van der Waals surface area (Å²) in [5.74, 6) is -3.03. The highest BCUT2D eigenvalue weighted by Gasteiger charge is 2.19. The number of carbonyl (C=O) groups excluding carboxylic acids is 1. The average molecular weight is 301 g/mol. The second-order valence-corrected chi connectivity index (χ2v) is 6.24. The zero-order valence-corrected chi connectivity index (χ0v) is 12.7. The van der Waals surface area contributed by atoms with E-state index in [2.05, 4.69) is 4.23 Å². The van der Waals surface area contributed by atoms with Crippen molar-refractivity contribution in [2.45, 2.75) is 32.0 Å². The van der Waals surface area contributed by atoms with Crippen molar-refractivity contribution in [3.05, 3.63) is 35.1 Å². The highest BCUT2D eigenvalue weighted by atomic mass is 28.3. The first kappa shape index (κ1) is 16.1. The minimum Gasteiger partial charge on any atom is -0.346 e. The van der Waals surface area contributed by atoms with Gasteiger partial charge in [0.1, 0.15) is 31.5 Å². The molecule has 0 amide bonds. The monoisotopic (exact) mass is 301 g/mol. The molecule has 0 N–H and O–H groups in total. The topological polar surface area (TPSA) is 20.3 Å². The molecule has 0 aliphatic carbocycles. The van der Waals surface area contributed by atoms with Gasteiger partial charge in [0.05, 0.1) is 0 Å². The summed E-state index contributed by atoms with van der Waals surface area (Å²) < 4.78 is 41.6. The highest BCUT2D eigenvalue weighted by molar-refractivity contribution is 6.48. The maximum atomic E-state index is 13.6. The number of aldehydes is 1. The van der Waals surface area contributed by atoms with Gasteiger partial charge in [-0.2, -0.15) is 0 Å². The Hall–Kier alpha value is -0.926. The number of carbonyl (C=O) groups is 1. The van der Waals surface area contributed by atoms with E-state index in [0.717, 1.165) is 12.4 Å². The van der Waals surface area contributed by atoms with Crippen LogP contribution in [-0.4, -0.2) is 35.9 Å². The molecule has 1 aromatic rings. The van der Waals surface area contributed by atoms with Crippen molar-refractivity contribution < 1.29 is 18.0 Å². The molecule has 0 aliphatic heterocycles. The summed E-state index contributed by atoms with van der Waals surface area (Å²) in [5, 5.41) is 0. The van der Waals surface area contributed by atoms with E-state index < -0.39 is 17.5 Å². The zero-order chi connectivity index (χ0) is 14.4. The lowest BCUT2D eigenvalue weighted by Crippen LogP contribution is -2.40. The molecule has 0 aliphatic rings. The Morgan fingerprint density at radius 3 is 2.26 bits per heavy atom. The summed E-state index contributed by atoms with van der Waals surface area (Å²) in [4.78, 5) is 10.7. The van der Waals surface area contributed by atoms with Crippen LogP contribution >= 0.6 is 0 Å². The summed E-state index contributed by atoms with van der Waals surface area (Å²) >= 11 is 0. The van der Waals surface area contributed by atoms with Crippen LogP contribution in [0.15, 0.2) is 12.1 Å². The molecular formula is C12H14F3NOSi2. The Kier molecular flexibility index (Phi) is 6.46. The number of halogens is 3. The first-order valence-corrected chi connectivity index (χ1v) is 8.64. The largest absolute Gasteiger partial charge is 0.346 e. The molecule has 19 heavy (non-hydrogen) atoms. The minimum atomic E-state index is -1.19. The first-order valence-electron chi connectivity index (χ1n) is 5.74. The Morgan fingerprint density at radius 1 is 1.16 bits per heavy atom. The normalized spacial score (nSPS) is 12.7. The van der Waals surface area contributed by atoms with Crippen LogP contribution in [0.1, 0.15) is 12.0 Å². The van der Waals surface area contributed by atoms with Gasteiger partial charge in [0.25, 0.3) is 0 Å². The van der Waals surface area contributed by atoms with E-state index in [1.807, 2.05) is 13.1 Å². The van der Waals surface area contributed by atoms with Crippen molar-refractivity contribution in [1.82, 2.24) is 4.23 Å². The molecule has 1 unspecified atom stereocenters. The second-order valence-electron chi connectivity index (χ2n) is 3.94. The van der Waals surface area contributed by atoms with E-state index in [1.165, 1.54) is 0 Å². The fraction of sp³-hybridized carbons (Fsp3) is 0.417. The van der Waals surface area contributed by atoms with Crippen LogP contribution in [0.3, 0.4) is 0 Å². The third kappa shape index (κ3) is 4.29. The molecule has 2 nitrogen and oxygen atoms in total. The van der Waals surface area contributed by atoms with Gasteiger partial charge in [-0.1, -0.05) is 13.1 Å². The van der Waals surface area contributed by atoms with E-state index in [9.17, 15) is 18.0 Å². The molecule has 0 heterocycles. The van der Waals surface area contributed by atoms with E-state index in [4.69, 9.17) is 0 Å². The lowest BCUT2D eigenvalue weighted by molar-refractivity contribution is -0.108. The molecule has 4 radical (unpaired) electrons. The van der Waals surface area contributed by atoms with Crippen molar-refractivity contribution in [1.29, 1.82) is 0 Å². The van der Waals surface area contributed by atoms with Crippen molar-refractivity contribution in [3.8, 4) is 0 Å². The van der Waals surface area contributed by atoms with E-state index >= 15 is 0 Å². The smallest absolute Gasteiger partial charge is 0.161 e. The summed E-state index contributed by atoms with van der Waals surface area (Å²) in [7, 11) is 0.958. The molecule has 0 saturated carbocycles. The molecule has 0 fully saturated rings. The molecule has 0 aromatic heterocycles. The second kappa shape index (κ2) is 7.61. The van der Waals surface area contributed by atoms with Crippen molar-refractivity contribution in [2.75, 3.05) is 0 Å². The minimum absolute atomic E-state index is 0.104. The zero-order valence-electron chi connectivity index (χ0n) is 10.7. The van der Waals surface area contributed by atoms with Crippen LogP contribution in [0.25, 0.3) is 0 Å². The third-order valence-electron chi connectivity index (χ3n) is 2.76. The lowest BCUT2D eigenvalue weighted by Gasteiger charge is -2.28. The maximum Gasteiger partial charge on any atom is 0.161 e. The average Bonchev–Trinajstić information content (AvgIpc) is 2.37. The Bertz CT molecular complexity index is 441. The van der Waals surface area contributed by atoms with Crippen molar-refractivity contribution in [2.24, 2.45) is 0 Å². The predicted octanol–water partition coefficient (Wildman–Crippen LogP) is 2.24. The Morgan fingerprint density at radius 2 is 1.74 bits per heavy atom. The van der Waals surface area contributed by atoms with Gasteiger partial charge in [-0.15, -0.1) is 0 Å². The number of nitrogens with zero attached hydrogens (tertiary/aromatic N) is 1.